The molecule has 0 spiro atoms. The van der Waals surface area contributed by atoms with Gasteiger partial charge >= 0.3 is 0 Å². The van der Waals surface area contributed by atoms with E-state index in [-0.39, 0.29) is 6.71 Å². The molecule has 1 aromatic heterocycles. The van der Waals surface area contributed by atoms with Crippen LogP contribution in [0.1, 0.15) is 11.3 Å². The zero-order chi connectivity index (χ0) is 20.1. The molecule has 2 aliphatic rings. The van der Waals surface area contributed by atoms with Gasteiger partial charge in [0.25, 0.3) is 6.71 Å². The average Bonchev–Trinajstić information content (AvgIpc) is 3.04. The number of rotatable bonds is 0. The lowest BCUT2D eigenvalue weighted by molar-refractivity contribution is 1.04. The molecule has 0 unspecified atom stereocenters. The van der Waals surface area contributed by atoms with Crippen molar-refractivity contribution >= 4 is 56.2 Å². The Kier molecular flexibility index (Phi) is 2.93. The first-order chi connectivity index (χ1) is 14.7. The second-order valence-electron chi connectivity index (χ2n) is 8.71. The third-order valence-electron chi connectivity index (χ3n) is 7.42. The monoisotopic (exact) mass is 384 g/mol. The van der Waals surface area contributed by atoms with Crippen LogP contribution in [0.3, 0.4) is 0 Å². The Morgan fingerprint density at radius 3 is 2.33 bits per heavy atom. The molecule has 0 saturated carbocycles. The van der Waals surface area contributed by atoms with Crippen LogP contribution in [0.2, 0.25) is 0 Å². The lowest BCUT2D eigenvalue weighted by Gasteiger charge is -2.39. The normalized spacial score (nSPS) is 13.7. The molecule has 0 amide bonds. The summed E-state index contributed by atoms with van der Waals surface area (Å²) in [7, 11) is 2.20. The van der Waals surface area contributed by atoms with Gasteiger partial charge in [-0.3, -0.25) is 0 Å². The zero-order valence-corrected chi connectivity index (χ0v) is 17.4. The van der Waals surface area contributed by atoms with Crippen molar-refractivity contribution in [2.24, 2.45) is 0 Å². The quantitative estimate of drug-likeness (QED) is 0.355. The van der Waals surface area contributed by atoms with Gasteiger partial charge in [-0.1, -0.05) is 48.5 Å². The summed E-state index contributed by atoms with van der Waals surface area (Å²) in [5, 5.41) is 4.08. The molecule has 7 rings (SSSR count). The fraction of sp³-hybridized carbons (Fsp3) is 0.111. The Hall–Kier alpha value is -3.46. The smallest absolute Gasteiger partial charge is 0.252 e. The Bertz CT molecular complexity index is 1540. The van der Waals surface area contributed by atoms with Crippen LogP contribution in [0.25, 0.3) is 27.4 Å². The molecule has 0 fully saturated rings. The van der Waals surface area contributed by atoms with Gasteiger partial charge < -0.3 is 9.47 Å². The number of aryl methyl sites for hydroxylation is 1. The minimum atomic E-state index is 0.249. The maximum absolute atomic E-state index is 2.52. The third kappa shape index (κ3) is 1.74. The second kappa shape index (κ2) is 5.37. The molecule has 4 aromatic carbocycles. The highest BCUT2D eigenvalue weighted by Gasteiger charge is 2.41. The highest BCUT2D eigenvalue weighted by Crippen LogP contribution is 2.37. The molecule has 2 aliphatic heterocycles. The zero-order valence-electron chi connectivity index (χ0n) is 17.4. The first-order valence-electron chi connectivity index (χ1n) is 10.7. The maximum Gasteiger partial charge on any atom is 0.252 e. The Morgan fingerprint density at radius 1 is 0.700 bits per heavy atom. The number of para-hydroxylation sites is 1. The van der Waals surface area contributed by atoms with E-state index >= 15 is 0 Å². The van der Waals surface area contributed by atoms with E-state index < -0.39 is 0 Å². The summed E-state index contributed by atoms with van der Waals surface area (Å²) in [5.74, 6) is 0. The van der Waals surface area contributed by atoms with Crippen molar-refractivity contribution in [1.82, 2.24) is 4.57 Å². The molecule has 0 bridgehead atoms. The predicted molar refractivity (Wildman–Crippen MR) is 129 cm³/mol. The molecule has 0 saturated heterocycles. The summed E-state index contributed by atoms with van der Waals surface area (Å²) >= 11 is 0. The highest BCUT2D eigenvalue weighted by atomic mass is 15.1. The van der Waals surface area contributed by atoms with Crippen molar-refractivity contribution in [1.29, 1.82) is 0 Å². The van der Waals surface area contributed by atoms with E-state index in [4.69, 9.17) is 0 Å². The van der Waals surface area contributed by atoms with Crippen LogP contribution in [0.5, 0.6) is 0 Å². The Morgan fingerprint density at radius 2 is 1.43 bits per heavy atom. The van der Waals surface area contributed by atoms with E-state index in [1.54, 1.807) is 0 Å². The van der Waals surface area contributed by atoms with Gasteiger partial charge in [0, 0.05) is 40.7 Å². The number of nitrogens with zero attached hydrogens (tertiary/aromatic N) is 2. The van der Waals surface area contributed by atoms with Gasteiger partial charge in [-0.15, -0.1) is 0 Å². The summed E-state index contributed by atoms with van der Waals surface area (Å²) < 4.78 is 2.52. The fourth-order valence-corrected chi connectivity index (χ4v) is 5.96. The van der Waals surface area contributed by atoms with Crippen LogP contribution in [0, 0.1) is 13.8 Å². The van der Waals surface area contributed by atoms with Gasteiger partial charge in [0.15, 0.2) is 0 Å². The van der Waals surface area contributed by atoms with Gasteiger partial charge in [0.2, 0.25) is 0 Å². The molecule has 5 aromatic rings. The maximum atomic E-state index is 2.52. The molecule has 0 N–H and O–H groups in total. The predicted octanol–water partition coefficient (Wildman–Crippen LogP) is 4.31. The van der Waals surface area contributed by atoms with Gasteiger partial charge in [-0.25, -0.2) is 0 Å². The first kappa shape index (κ1) is 16.4. The van der Waals surface area contributed by atoms with E-state index in [1.165, 1.54) is 66.4 Å². The van der Waals surface area contributed by atoms with Crippen molar-refractivity contribution in [3.05, 3.63) is 84.1 Å². The standard InChI is InChI=1S/C27H21BN2/c1-16-17(2)30-24-14-8-13-23-26(24)28(21-11-6-7-12-22(21)29(23)3)25-19-10-5-4-9-18(19)15-20(16)27(25)30/h4-15H,1-3H3. The Balaban J connectivity index is 1.79. The molecule has 0 radical (unpaired) electrons. The topological polar surface area (TPSA) is 8.17 Å². The molecule has 2 nitrogen and oxygen atoms in total. The minimum Gasteiger partial charge on any atom is -0.345 e. The van der Waals surface area contributed by atoms with Crippen molar-refractivity contribution in [3.8, 4) is 5.69 Å². The van der Waals surface area contributed by atoms with Crippen LogP contribution < -0.4 is 21.3 Å². The Labute approximate surface area is 176 Å². The summed E-state index contributed by atoms with van der Waals surface area (Å²) in [5.41, 5.74) is 12.4. The van der Waals surface area contributed by atoms with Crippen LogP contribution in [-0.2, 0) is 0 Å². The number of hydrogen-bond acceptors (Lipinski definition) is 1. The van der Waals surface area contributed by atoms with E-state index in [0.717, 1.165) is 0 Å². The summed E-state index contributed by atoms with van der Waals surface area (Å²) in [6, 6.07) is 27.0. The van der Waals surface area contributed by atoms with E-state index in [9.17, 15) is 0 Å². The molecular formula is C27H21BN2. The molecule has 0 aliphatic carbocycles. The fourth-order valence-electron chi connectivity index (χ4n) is 5.96. The van der Waals surface area contributed by atoms with E-state index in [2.05, 4.69) is 103 Å². The van der Waals surface area contributed by atoms with Crippen molar-refractivity contribution in [2.75, 3.05) is 11.9 Å². The van der Waals surface area contributed by atoms with E-state index in [1.807, 2.05) is 0 Å². The third-order valence-corrected chi connectivity index (χ3v) is 7.42. The second-order valence-corrected chi connectivity index (χ2v) is 8.71. The van der Waals surface area contributed by atoms with Crippen LogP contribution in [0.4, 0.5) is 11.4 Å². The lowest BCUT2D eigenvalue weighted by Crippen LogP contribution is -2.60. The molecule has 3 heterocycles. The van der Waals surface area contributed by atoms with Crippen LogP contribution in [0.15, 0.2) is 72.8 Å². The van der Waals surface area contributed by atoms with Gasteiger partial charge in [-0.05, 0) is 70.8 Å². The minimum absolute atomic E-state index is 0.249. The van der Waals surface area contributed by atoms with Crippen molar-refractivity contribution < 1.29 is 0 Å². The van der Waals surface area contributed by atoms with Gasteiger partial charge in [0.1, 0.15) is 0 Å². The molecule has 142 valence electrons. The highest BCUT2D eigenvalue weighted by molar-refractivity contribution is 7.01. The number of fused-ring (bicyclic) bond motifs is 6. The number of benzene rings is 4. The van der Waals surface area contributed by atoms with Crippen LogP contribution in [-0.4, -0.2) is 18.3 Å². The van der Waals surface area contributed by atoms with E-state index in [0.29, 0.717) is 0 Å². The first-order valence-corrected chi connectivity index (χ1v) is 10.7. The molecule has 3 heteroatoms. The lowest BCUT2D eigenvalue weighted by atomic mass is 9.33. The number of hydrogen-bond donors (Lipinski definition) is 0. The average molecular weight is 384 g/mol. The number of aromatic nitrogens is 1. The van der Waals surface area contributed by atoms with Crippen LogP contribution >= 0.6 is 0 Å². The SMILES string of the molecule is Cc1c(C)n2c3c(c4ccccc4cc13)B1c3ccccc3N(C)c3cccc-2c31. The van der Waals surface area contributed by atoms with Gasteiger partial charge in [0.05, 0.1) is 0 Å². The summed E-state index contributed by atoms with van der Waals surface area (Å²) in [4.78, 5) is 2.36. The van der Waals surface area contributed by atoms with Crippen molar-refractivity contribution in [3.63, 3.8) is 0 Å². The number of anilines is 2. The molecular weight excluding hydrogens is 363 g/mol. The van der Waals surface area contributed by atoms with Gasteiger partial charge in [-0.2, -0.15) is 0 Å². The molecule has 30 heavy (non-hydrogen) atoms. The molecule has 0 atom stereocenters. The largest absolute Gasteiger partial charge is 0.345 e. The van der Waals surface area contributed by atoms with Crippen molar-refractivity contribution in [2.45, 2.75) is 13.8 Å². The summed E-state index contributed by atoms with van der Waals surface area (Å²) in [6.45, 7) is 4.79. The summed E-state index contributed by atoms with van der Waals surface area (Å²) in [6.07, 6.45) is 0.